The van der Waals surface area contributed by atoms with Crippen molar-refractivity contribution in [2.45, 2.75) is 6.36 Å². The molecule has 88 valence electrons. The molecule has 0 spiro atoms. The first-order valence-electron chi connectivity index (χ1n) is 3.82. The number of alkyl halides is 3. The van der Waals surface area contributed by atoms with Crippen LogP contribution >= 0.6 is 22.6 Å². The number of carbonyl (C=O) groups is 1. The average Bonchev–Trinajstić information content (AvgIpc) is 2.16. The number of aromatic nitrogens is 1. The summed E-state index contributed by atoms with van der Waals surface area (Å²) in [5, 5.41) is 0. The molecule has 0 atom stereocenters. The zero-order chi connectivity index (χ0) is 12.3. The van der Waals surface area contributed by atoms with Crippen molar-refractivity contribution in [2.75, 3.05) is 7.11 Å². The van der Waals surface area contributed by atoms with E-state index in [9.17, 15) is 18.0 Å². The van der Waals surface area contributed by atoms with Crippen molar-refractivity contribution >= 4 is 28.9 Å². The van der Waals surface area contributed by atoms with Gasteiger partial charge in [-0.05, 0) is 22.6 Å². The predicted octanol–water partition coefficient (Wildman–Crippen LogP) is 2.41. The van der Waals surface area contributed by atoms with E-state index in [4.69, 9.17) is 4.74 Å². The van der Waals surface area contributed by atoms with Crippen molar-refractivity contribution in [1.29, 1.82) is 0 Å². The van der Waals surface area contributed by atoms with Crippen LogP contribution < -0.4 is 9.47 Å². The minimum absolute atomic E-state index is 0.0669. The van der Waals surface area contributed by atoms with Crippen molar-refractivity contribution in [2.24, 2.45) is 0 Å². The van der Waals surface area contributed by atoms with Gasteiger partial charge in [0.15, 0.2) is 12.0 Å². The normalized spacial score (nSPS) is 11.1. The molecule has 1 aromatic rings. The molecule has 0 aliphatic carbocycles. The van der Waals surface area contributed by atoms with E-state index < -0.39 is 12.1 Å². The molecule has 0 saturated heterocycles. The molecule has 8 heteroatoms. The smallest absolute Gasteiger partial charge is 0.480 e. The van der Waals surface area contributed by atoms with Crippen LogP contribution in [0.4, 0.5) is 13.2 Å². The van der Waals surface area contributed by atoms with Crippen molar-refractivity contribution in [3.8, 4) is 11.6 Å². The highest BCUT2D eigenvalue weighted by atomic mass is 127. The molecule has 0 bridgehead atoms. The van der Waals surface area contributed by atoms with Crippen LogP contribution in [0.5, 0.6) is 11.6 Å². The third kappa shape index (κ3) is 2.97. The van der Waals surface area contributed by atoms with E-state index in [1.807, 2.05) is 0 Å². The molecule has 0 N–H and O–H groups in total. The van der Waals surface area contributed by atoms with E-state index in [0.29, 0.717) is 0 Å². The fourth-order valence-corrected chi connectivity index (χ4v) is 1.68. The molecule has 0 amide bonds. The van der Waals surface area contributed by atoms with Gasteiger partial charge in [0.05, 0.1) is 22.4 Å². The Bertz CT molecular complexity index is 408. The van der Waals surface area contributed by atoms with Gasteiger partial charge in [-0.1, -0.05) is 0 Å². The number of rotatable bonds is 3. The molecule has 4 nitrogen and oxygen atoms in total. The van der Waals surface area contributed by atoms with Gasteiger partial charge in [-0.3, -0.25) is 4.79 Å². The number of hydrogen-bond donors (Lipinski definition) is 0. The summed E-state index contributed by atoms with van der Waals surface area (Å²) in [6.07, 6.45) is -3.82. The van der Waals surface area contributed by atoms with E-state index >= 15 is 0 Å². The highest BCUT2D eigenvalue weighted by Crippen LogP contribution is 2.31. The molecule has 0 aliphatic heterocycles. The third-order valence-corrected chi connectivity index (χ3v) is 2.57. The maximum Gasteiger partial charge on any atom is 0.573 e. The second-order valence-corrected chi connectivity index (χ2v) is 3.60. The lowest BCUT2D eigenvalue weighted by atomic mass is 10.3. The number of ether oxygens (including phenoxy) is 2. The summed E-state index contributed by atoms with van der Waals surface area (Å²) in [6.45, 7) is 0. The lowest BCUT2D eigenvalue weighted by Gasteiger charge is -2.12. The summed E-state index contributed by atoms with van der Waals surface area (Å²) in [5.74, 6) is -0.579. The van der Waals surface area contributed by atoms with Crippen LogP contribution in [0, 0.1) is 3.57 Å². The third-order valence-electron chi connectivity index (χ3n) is 1.53. The van der Waals surface area contributed by atoms with Crippen molar-refractivity contribution < 1.29 is 27.4 Å². The first kappa shape index (κ1) is 13.0. The van der Waals surface area contributed by atoms with Crippen molar-refractivity contribution in [3.63, 3.8) is 0 Å². The number of pyridine rings is 1. The van der Waals surface area contributed by atoms with Crippen LogP contribution in [0.1, 0.15) is 10.4 Å². The molecule has 1 heterocycles. The Hall–Kier alpha value is -1.06. The van der Waals surface area contributed by atoms with Gasteiger partial charge in [-0.2, -0.15) is 0 Å². The minimum atomic E-state index is -4.86. The van der Waals surface area contributed by atoms with Gasteiger partial charge in [-0.25, -0.2) is 4.98 Å². The number of nitrogens with zero attached hydrogens (tertiary/aromatic N) is 1. The van der Waals surface area contributed by atoms with Gasteiger partial charge in [0.25, 0.3) is 0 Å². The highest BCUT2D eigenvalue weighted by molar-refractivity contribution is 14.1. The van der Waals surface area contributed by atoms with E-state index in [1.165, 1.54) is 7.11 Å². The van der Waals surface area contributed by atoms with E-state index in [1.54, 1.807) is 22.6 Å². The summed E-state index contributed by atoms with van der Waals surface area (Å²) >= 11 is 1.65. The summed E-state index contributed by atoms with van der Waals surface area (Å²) in [6, 6.07) is 0. The van der Waals surface area contributed by atoms with Gasteiger partial charge in [0.1, 0.15) is 0 Å². The summed E-state index contributed by atoms with van der Waals surface area (Å²) in [5.41, 5.74) is -0.246. The minimum Gasteiger partial charge on any atom is -0.480 e. The van der Waals surface area contributed by atoms with Gasteiger partial charge in [0, 0.05) is 0 Å². The van der Waals surface area contributed by atoms with Gasteiger partial charge >= 0.3 is 6.36 Å². The molecule has 0 fully saturated rings. The molecular formula is C8H5F3INO3. The first-order valence-corrected chi connectivity index (χ1v) is 4.90. The Morgan fingerprint density at radius 2 is 2.12 bits per heavy atom. The molecule has 0 aliphatic rings. The number of carbonyl (C=O) groups excluding carboxylic acids is 1. The monoisotopic (exact) mass is 347 g/mol. The largest absolute Gasteiger partial charge is 0.573 e. The molecule has 0 unspecified atom stereocenters. The molecule has 0 saturated carbocycles. The molecule has 1 rings (SSSR count). The lowest BCUT2D eigenvalue weighted by Crippen LogP contribution is -2.18. The molecule has 16 heavy (non-hydrogen) atoms. The second-order valence-electron chi connectivity index (χ2n) is 2.53. The lowest BCUT2D eigenvalue weighted by molar-refractivity contribution is -0.274. The Labute approximate surface area is 102 Å². The van der Waals surface area contributed by atoms with Gasteiger partial charge < -0.3 is 9.47 Å². The van der Waals surface area contributed by atoms with Crippen LogP contribution in [0.25, 0.3) is 0 Å². The van der Waals surface area contributed by atoms with Gasteiger partial charge in [0.2, 0.25) is 5.88 Å². The first-order chi connectivity index (χ1) is 7.39. The summed E-state index contributed by atoms with van der Waals surface area (Å²) in [4.78, 5) is 14.2. The quantitative estimate of drug-likeness (QED) is 0.623. The van der Waals surface area contributed by atoms with Crippen molar-refractivity contribution in [3.05, 3.63) is 15.3 Å². The number of methoxy groups -OCH3 is 1. The number of halogens is 4. The van der Waals surface area contributed by atoms with E-state index in [0.717, 1.165) is 6.20 Å². The molecular weight excluding hydrogens is 342 g/mol. The standard InChI is InChI=1S/C8H5F3INO3/c1-15-7-6(12)4(3-14)5(2-13-7)16-8(9,10)11/h2-3H,1H3. The molecule has 1 aromatic heterocycles. The van der Waals surface area contributed by atoms with Crippen LogP contribution in [0.2, 0.25) is 0 Å². The Kier molecular flexibility index (Phi) is 3.94. The fraction of sp³-hybridized carbons (Fsp3) is 0.250. The van der Waals surface area contributed by atoms with Crippen LogP contribution in [0.15, 0.2) is 6.20 Å². The Morgan fingerprint density at radius 1 is 1.50 bits per heavy atom. The number of hydrogen-bond acceptors (Lipinski definition) is 4. The zero-order valence-corrected chi connectivity index (χ0v) is 10.00. The Balaban J connectivity index is 3.21. The summed E-state index contributed by atoms with van der Waals surface area (Å²) in [7, 11) is 1.30. The van der Waals surface area contributed by atoms with E-state index in [-0.39, 0.29) is 21.3 Å². The maximum atomic E-state index is 12.0. The van der Waals surface area contributed by atoms with Crippen molar-refractivity contribution in [1.82, 2.24) is 4.98 Å². The predicted molar refractivity (Wildman–Crippen MR) is 55.6 cm³/mol. The van der Waals surface area contributed by atoms with Crippen LogP contribution in [-0.4, -0.2) is 24.7 Å². The molecule has 0 radical (unpaired) electrons. The second kappa shape index (κ2) is 4.85. The zero-order valence-electron chi connectivity index (χ0n) is 7.84. The highest BCUT2D eigenvalue weighted by Gasteiger charge is 2.33. The maximum absolute atomic E-state index is 12.0. The number of aldehydes is 1. The molecule has 0 aromatic carbocycles. The average molecular weight is 347 g/mol. The Morgan fingerprint density at radius 3 is 2.56 bits per heavy atom. The summed E-state index contributed by atoms with van der Waals surface area (Å²) < 4.78 is 44.5. The van der Waals surface area contributed by atoms with Gasteiger partial charge in [-0.15, -0.1) is 13.2 Å². The van der Waals surface area contributed by atoms with E-state index in [2.05, 4.69) is 9.72 Å². The topological polar surface area (TPSA) is 48.4 Å². The van der Waals surface area contributed by atoms with Crippen LogP contribution in [0.3, 0.4) is 0 Å². The SMILES string of the molecule is COc1ncc(OC(F)(F)F)c(C=O)c1I. The van der Waals surface area contributed by atoms with Crippen LogP contribution in [-0.2, 0) is 0 Å². The fourth-order valence-electron chi connectivity index (χ4n) is 0.925.